The Hall–Kier alpha value is -2.29. The maximum atomic E-state index is 12.2. The third-order valence-corrected chi connectivity index (χ3v) is 7.01. The fourth-order valence-corrected chi connectivity index (χ4v) is 4.88. The number of ether oxygens (including phenoxy) is 1. The summed E-state index contributed by atoms with van der Waals surface area (Å²) >= 11 is 1.67. The van der Waals surface area contributed by atoms with Crippen molar-refractivity contribution in [2.45, 2.75) is 17.7 Å². The lowest BCUT2D eigenvalue weighted by Gasteiger charge is -2.07. The molecule has 0 unspecified atom stereocenters. The van der Waals surface area contributed by atoms with Gasteiger partial charge in [-0.15, -0.1) is 11.3 Å². The van der Waals surface area contributed by atoms with Crippen molar-refractivity contribution in [3.8, 4) is 0 Å². The molecule has 0 bridgehead atoms. The summed E-state index contributed by atoms with van der Waals surface area (Å²) in [6.07, 6.45) is 1.59. The predicted molar refractivity (Wildman–Crippen MR) is 111 cm³/mol. The van der Waals surface area contributed by atoms with E-state index in [9.17, 15) is 13.2 Å². The predicted octanol–water partition coefficient (Wildman–Crippen LogP) is 3.08. The number of thiazole rings is 1. The molecule has 8 heteroatoms. The molecule has 148 valence electrons. The number of carbonyl (C=O) groups is 1. The van der Waals surface area contributed by atoms with Gasteiger partial charge < -0.3 is 10.1 Å². The average molecular weight is 419 g/mol. The molecule has 0 aliphatic carbocycles. The zero-order chi connectivity index (χ0) is 20.0. The van der Waals surface area contributed by atoms with Crippen LogP contribution in [0.4, 0.5) is 0 Å². The summed E-state index contributed by atoms with van der Waals surface area (Å²) in [4.78, 5) is 17.0. The van der Waals surface area contributed by atoms with Crippen molar-refractivity contribution in [3.05, 3.63) is 59.1 Å². The highest BCUT2D eigenvalue weighted by atomic mass is 32.2. The summed E-state index contributed by atoms with van der Waals surface area (Å²) in [5, 5.41) is 3.92. The second-order valence-corrected chi connectivity index (χ2v) is 9.50. The number of nitrogens with one attached hydrogen (secondary N) is 1. The van der Waals surface area contributed by atoms with E-state index in [4.69, 9.17) is 4.74 Å². The van der Waals surface area contributed by atoms with E-state index in [2.05, 4.69) is 16.4 Å². The second kappa shape index (κ2) is 9.27. The number of aromatic nitrogens is 1. The van der Waals surface area contributed by atoms with Crippen LogP contribution < -0.4 is 5.32 Å². The molecule has 0 atom stereocenters. The largest absolute Gasteiger partial charge is 0.384 e. The van der Waals surface area contributed by atoms with Gasteiger partial charge in [0.25, 0.3) is 5.91 Å². The molecule has 0 radical (unpaired) electrons. The number of hydrogen-bond acceptors (Lipinski definition) is 6. The third kappa shape index (κ3) is 5.15. The lowest BCUT2D eigenvalue weighted by Crippen LogP contribution is -2.24. The van der Waals surface area contributed by atoms with Crippen LogP contribution in [0.25, 0.3) is 10.2 Å². The van der Waals surface area contributed by atoms with Crippen LogP contribution in [0, 0.1) is 0 Å². The first-order valence-electron chi connectivity index (χ1n) is 8.94. The zero-order valence-corrected chi connectivity index (χ0v) is 17.2. The van der Waals surface area contributed by atoms with Crippen molar-refractivity contribution in [3.63, 3.8) is 0 Å². The molecule has 0 spiro atoms. The molecule has 3 rings (SSSR count). The van der Waals surface area contributed by atoms with Crippen LogP contribution in [0.1, 0.15) is 21.8 Å². The quantitative estimate of drug-likeness (QED) is 0.540. The molecule has 2 aromatic carbocycles. The lowest BCUT2D eigenvalue weighted by atomic mass is 10.2. The fourth-order valence-electron chi connectivity index (χ4n) is 2.69. The third-order valence-electron chi connectivity index (χ3n) is 4.22. The van der Waals surface area contributed by atoms with Crippen molar-refractivity contribution in [1.82, 2.24) is 10.3 Å². The van der Waals surface area contributed by atoms with E-state index in [0.29, 0.717) is 12.1 Å². The summed E-state index contributed by atoms with van der Waals surface area (Å²) in [6, 6.07) is 14.0. The van der Waals surface area contributed by atoms with Crippen molar-refractivity contribution in [2.24, 2.45) is 0 Å². The molecular weight excluding hydrogens is 396 g/mol. The molecular formula is C20H22N2O4S2. The van der Waals surface area contributed by atoms with Gasteiger partial charge in [-0.3, -0.25) is 4.79 Å². The minimum absolute atomic E-state index is 0.0825. The van der Waals surface area contributed by atoms with Crippen LogP contribution in [0.5, 0.6) is 0 Å². The Labute approximate surface area is 168 Å². The molecule has 1 N–H and O–H groups in total. The molecule has 6 nitrogen and oxygen atoms in total. The monoisotopic (exact) mass is 418 g/mol. The molecule has 0 saturated carbocycles. The highest BCUT2D eigenvalue weighted by molar-refractivity contribution is 7.91. The number of methoxy groups -OCH3 is 1. The summed E-state index contributed by atoms with van der Waals surface area (Å²) in [6.45, 7) is 0.669. The molecule has 3 aromatic rings. The Kier molecular flexibility index (Phi) is 6.77. The van der Waals surface area contributed by atoms with Crippen molar-refractivity contribution < 1.29 is 17.9 Å². The van der Waals surface area contributed by atoms with Crippen LogP contribution in [0.2, 0.25) is 0 Å². The molecule has 0 saturated heterocycles. The van der Waals surface area contributed by atoms with Gasteiger partial charge in [0.1, 0.15) is 0 Å². The first-order chi connectivity index (χ1) is 13.5. The van der Waals surface area contributed by atoms with Gasteiger partial charge in [0.2, 0.25) is 0 Å². The van der Waals surface area contributed by atoms with Crippen molar-refractivity contribution >= 4 is 37.3 Å². The summed E-state index contributed by atoms with van der Waals surface area (Å²) in [5.41, 5.74) is 1.44. The summed E-state index contributed by atoms with van der Waals surface area (Å²) in [5.74, 6) is -0.300. The van der Waals surface area contributed by atoms with Crippen LogP contribution >= 0.6 is 11.3 Å². The number of nitrogens with zero attached hydrogens (tertiary/aromatic N) is 1. The van der Waals surface area contributed by atoms with Crippen LogP contribution in [-0.2, 0) is 21.0 Å². The van der Waals surface area contributed by atoms with E-state index in [1.54, 1.807) is 11.3 Å². The van der Waals surface area contributed by atoms with Gasteiger partial charge in [-0.25, -0.2) is 13.4 Å². The highest BCUT2D eigenvalue weighted by Gasteiger charge is 2.15. The smallest absolute Gasteiger partial charge is 0.251 e. The maximum Gasteiger partial charge on any atom is 0.251 e. The number of sulfone groups is 1. The average Bonchev–Trinajstić information content (AvgIpc) is 3.12. The number of aryl methyl sites for hydroxylation is 1. The van der Waals surface area contributed by atoms with Crippen LogP contribution in [-0.4, -0.2) is 45.3 Å². The molecule has 1 heterocycles. The van der Waals surface area contributed by atoms with E-state index >= 15 is 0 Å². The minimum atomic E-state index is -3.39. The first kappa shape index (κ1) is 20.4. The Bertz CT molecular complexity index is 1010. The van der Waals surface area contributed by atoms with Crippen molar-refractivity contribution in [1.29, 1.82) is 0 Å². The Morgan fingerprint density at radius 3 is 2.61 bits per heavy atom. The van der Waals surface area contributed by atoms with Gasteiger partial charge in [0, 0.05) is 25.6 Å². The number of carbonyl (C=O) groups excluding carboxylic acids is 1. The number of fused-ring (bicyclic) bond motifs is 1. The molecule has 28 heavy (non-hydrogen) atoms. The van der Waals surface area contributed by atoms with E-state index in [1.807, 2.05) is 18.2 Å². The van der Waals surface area contributed by atoms with Gasteiger partial charge in [0.05, 0.1) is 32.5 Å². The molecule has 0 fully saturated rings. The number of hydrogen-bond donors (Lipinski definition) is 1. The summed E-state index contributed by atoms with van der Waals surface area (Å²) < 4.78 is 30.2. The van der Waals surface area contributed by atoms with E-state index in [-0.39, 0.29) is 23.2 Å². The lowest BCUT2D eigenvalue weighted by molar-refractivity contribution is 0.0953. The molecule has 0 aliphatic heterocycles. The van der Waals surface area contributed by atoms with Gasteiger partial charge in [-0.1, -0.05) is 12.1 Å². The normalized spacial score (nSPS) is 11.6. The standard InChI is InChI=1S/C20H22N2O4S2/c1-26-13-14-28(24,25)16-10-8-15(9-11-16)20(23)21-12-4-7-19-22-17-5-2-3-6-18(17)27-19/h2-3,5-6,8-11H,4,7,12-14H2,1H3,(H,21,23). The Morgan fingerprint density at radius 1 is 1.14 bits per heavy atom. The fraction of sp³-hybridized carbons (Fsp3) is 0.300. The SMILES string of the molecule is COCCS(=O)(=O)c1ccc(C(=O)NCCCc2nc3ccccc3s2)cc1. The highest BCUT2D eigenvalue weighted by Crippen LogP contribution is 2.22. The molecule has 0 aliphatic rings. The number of benzene rings is 2. The number of amides is 1. The van der Waals surface area contributed by atoms with Gasteiger partial charge in [0.15, 0.2) is 9.84 Å². The Balaban J connectivity index is 1.49. The zero-order valence-electron chi connectivity index (χ0n) is 15.6. The van der Waals surface area contributed by atoms with E-state index in [0.717, 1.165) is 23.4 Å². The number of para-hydroxylation sites is 1. The second-order valence-electron chi connectivity index (χ2n) is 6.27. The minimum Gasteiger partial charge on any atom is -0.384 e. The topological polar surface area (TPSA) is 85.4 Å². The first-order valence-corrected chi connectivity index (χ1v) is 11.4. The van der Waals surface area contributed by atoms with Crippen LogP contribution in [0.3, 0.4) is 0 Å². The van der Waals surface area contributed by atoms with Crippen molar-refractivity contribution in [2.75, 3.05) is 26.0 Å². The number of rotatable bonds is 9. The Morgan fingerprint density at radius 2 is 1.89 bits per heavy atom. The van der Waals surface area contributed by atoms with Gasteiger partial charge >= 0.3 is 0 Å². The van der Waals surface area contributed by atoms with E-state index < -0.39 is 9.84 Å². The van der Waals surface area contributed by atoms with Gasteiger partial charge in [-0.2, -0.15) is 0 Å². The van der Waals surface area contributed by atoms with Crippen LogP contribution in [0.15, 0.2) is 53.4 Å². The summed E-state index contributed by atoms with van der Waals surface area (Å²) in [7, 11) is -1.93. The van der Waals surface area contributed by atoms with E-state index in [1.165, 1.54) is 36.1 Å². The molecule has 1 aromatic heterocycles. The maximum absolute atomic E-state index is 12.2. The van der Waals surface area contributed by atoms with Gasteiger partial charge in [-0.05, 0) is 42.8 Å². The molecule has 1 amide bonds.